The first-order chi connectivity index (χ1) is 17.8. The highest BCUT2D eigenvalue weighted by molar-refractivity contribution is 7.87. The van der Waals surface area contributed by atoms with Gasteiger partial charge in [-0.25, -0.2) is 4.39 Å². The minimum absolute atomic E-state index is 0.122. The van der Waals surface area contributed by atoms with Crippen LogP contribution in [0.15, 0.2) is 76.2 Å². The van der Waals surface area contributed by atoms with E-state index in [2.05, 4.69) is 0 Å². The summed E-state index contributed by atoms with van der Waals surface area (Å²) < 4.78 is 49.1. The molecule has 37 heavy (non-hydrogen) atoms. The third-order valence-electron chi connectivity index (χ3n) is 8.31. The van der Waals surface area contributed by atoms with E-state index in [1.807, 2.05) is 17.0 Å². The Balaban J connectivity index is 1.20. The maximum Gasteiger partial charge on any atom is 0.339 e. The van der Waals surface area contributed by atoms with Crippen molar-refractivity contribution in [2.24, 2.45) is 23.2 Å². The third kappa shape index (κ3) is 4.91. The molecule has 7 rings (SSSR count). The highest BCUT2D eigenvalue weighted by Gasteiger charge is 2.55. The Kier molecular flexibility index (Phi) is 6.10. The molecule has 0 atom stereocenters. The van der Waals surface area contributed by atoms with E-state index in [9.17, 15) is 17.6 Å². The van der Waals surface area contributed by atoms with Crippen molar-refractivity contribution in [1.82, 2.24) is 4.90 Å². The fraction of sp³-hybridized carbons (Fsp3) is 0.414. The number of benzene rings is 2. The zero-order valence-electron chi connectivity index (χ0n) is 20.5. The number of carbonyl (C=O) groups excluding carboxylic acids is 1. The summed E-state index contributed by atoms with van der Waals surface area (Å²) in [6, 6.07) is 14.9. The molecule has 8 heteroatoms. The van der Waals surface area contributed by atoms with Gasteiger partial charge in [-0.1, -0.05) is 12.1 Å². The van der Waals surface area contributed by atoms with Crippen molar-refractivity contribution in [3.63, 3.8) is 0 Å². The highest BCUT2D eigenvalue weighted by Crippen LogP contribution is 2.60. The average molecular weight is 524 g/mol. The summed E-state index contributed by atoms with van der Waals surface area (Å²) in [6.07, 6.45) is 8.39. The molecular formula is C29H30FNO5S. The van der Waals surface area contributed by atoms with Crippen LogP contribution in [-0.4, -0.2) is 19.2 Å². The quantitative estimate of drug-likeness (QED) is 0.342. The highest BCUT2D eigenvalue weighted by atomic mass is 32.2. The number of nitrogens with zero attached hydrogens (tertiary/aromatic N) is 1. The van der Waals surface area contributed by atoms with Gasteiger partial charge in [0.15, 0.2) is 0 Å². The number of hydrogen-bond acceptors (Lipinski definition) is 5. The summed E-state index contributed by atoms with van der Waals surface area (Å²) in [5, 5.41) is 0. The molecular weight excluding hydrogens is 493 g/mol. The lowest BCUT2D eigenvalue weighted by Gasteiger charge is -2.56. The van der Waals surface area contributed by atoms with E-state index >= 15 is 0 Å². The summed E-state index contributed by atoms with van der Waals surface area (Å²) in [7, 11) is -4.08. The summed E-state index contributed by atoms with van der Waals surface area (Å²) in [4.78, 5) is 15.9. The van der Waals surface area contributed by atoms with Crippen LogP contribution in [0.5, 0.6) is 5.75 Å². The first-order valence-electron chi connectivity index (χ1n) is 12.9. The van der Waals surface area contributed by atoms with Gasteiger partial charge in [0, 0.05) is 6.54 Å². The van der Waals surface area contributed by atoms with Crippen molar-refractivity contribution in [3.8, 4) is 5.75 Å². The first-order valence-corrected chi connectivity index (χ1v) is 14.3. The summed E-state index contributed by atoms with van der Waals surface area (Å²) in [5.74, 6) is 2.58. The van der Waals surface area contributed by atoms with Gasteiger partial charge in [-0.15, -0.1) is 0 Å². The van der Waals surface area contributed by atoms with Crippen LogP contribution in [0.25, 0.3) is 0 Å². The fourth-order valence-corrected chi connectivity index (χ4v) is 8.08. The molecule has 6 nitrogen and oxygen atoms in total. The molecule has 4 aliphatic rings. The van der Waals surface area contributed by atoms with Gasteiger partial charge >= 0.3 is 10.1 Å². The predicted molar refractivity (Wildman–Crippen MR) is 134 cm³/mol. The van der Waals surface area contributed by atoms with Crippen LogP contribution >= 0.6 is 0 Å². The van der Waals surface area contributed by atoms with E-state index in [1.54, 1.807) is 30.5 Å². The van der Waals surface area contributed by atoms with Gasteiger partial charge in [0.05, 0.1) is 18.2 Å². The van der Waals surface area contributed by atoms with Gasteiger partial charge < -0.3 is 13.5 Å². The molecule has 1 amide bonds. The maximum atomic E-state index is 14.1. The Morgan fingerprint density at radius 3 is 2.11 bits per heavy atom. The summed E-state index contributed by atoms with van der Waals surface area (Å²) >= 11 is 0. The van der Waals surface area contributed by atoms with Gasteiger partial charge in [0.2, 0.25) is 5.91 Å². The Labute approximate surface area is 216 Å². The number of hydrogen-bond donors (Lipinski definition) is 0. The lowest BCUT2D eigenvalue weighted by molar-refractivity contribution is -0.159. The van der Waals surface area contributed by atoms with Gasteiger partial charge in [-0.3, -0.25) is 4.79 Å². The number of carbonyl (C=O) groups is 1. The van der Waals surface area contributed by atoms with E-state index in [4.69, 9.17) is 8.60 Å². The lowest BCUT2D eigenvalue weighted by Crippen LogP contribution is -2.54. The molecule has 3 aromatic rings. The monoisotopic (exact) mass is 523 g/mol. The van der Waals surface area contributed by atoms with E-state index in [0.717, 1.165) is 42.7 Å². The molecule has 0 aliphatic heterocycles. The van der Waals surface area contributed by atoms with E-state index < -0.39 is 15.9 Å². The molecule has 2 aromatic carbocycles. The van der Waals surface area contributed by atoms with E-state index in [1.165, 1.54) is 31.4 Å². The Morgan fingerprint density at radius 2 is 1.54 bits per heavy atom. The zero-order chi connectivity index (χ0) is 25.6. The largest absolute Gasteiger partial charge is 0.467 e. The van der Waals surface area contributed by atoms with Crippen molar-refractivity contribution in [2.45, 2.75) is 56.5 Å². The summed E-state index contributed by atoms with van der Waals surface area (Å²) in [5.41, 5.74) is 0.601. The van der Waals surface area contributed by atoms with Gasteiger partial charge in [0.1, 0.15) is 22.2 Å². The molecule has 0 N–H and O–H groups in total. The Morgan fingerprint density at radius 1 is 0.919 bits per heavy atom. The van der Waals surface area contributed by atoms with Crippen molar-refractivity contribution >= 4 is 16.0 Å². The zero-order valence-corrected chi connectivity index (χ0v) is 21.3. The number of furan rings is 1. The molecule has 0 radical (unpaired) electrons. The molecule has 1 heterocycles. The molecule has 1 aromatic heterocycles. The van der Waals surface area contributed by atoms with Crippen molar-refractivity contribution < 1.29 is 26.2 Å². The average Bonchev–Trinajstić information content (AvgIpc) is 3.37. The van der Waals surface area contributed by atoms with Crippen molar-refractivity contribution in [1.29, 1.82) is 0 Å². The van der Waals surface area contributed by atoms with Crippen LogP contribution in [0, 0.1) is 29.0 Å². The standard InChI is InChI=1S/C29H30FNO5S/c30-24-5-9-27(10-6-24)37(33,34)36-25-7-3-20(4-8-25)18-31(19-26-2-1-11-35-26)28(32)29-15-21-12-22(16-29)14-23(13-21)17-29/h1-11,21-23H,12-19H2. The molecule has 194 valence electrons. The van der Waals surface area contributed by atoms with E-state index in [-0.39, 0.29) is 22.0 Å². The van der Waals surface area contributed by atoms with E-state index in [0.29, 0.717) is 30.8 Å². The topological polar surface area (TPSA) is 76.8 Å². The number of halogens is 1. The van der Waals surface area contributed by atoms with Crippen molar-refractivity contribution in [3.05, 3.63) is 84.1 Å². The van der Waals surface area contributed by atoms with Crippen LogP contribution in [0.2, 0.25) is 0 Å². The van der Waals surface area contributed by atoms with Crippen LogP contribution in [0.4, 0.5) is 4.39 Å². The fourth-order valence-electron chi connectivity index (χ4n) is 7.15. The van der Waals surface area contributed by atoms with Crippen LogP contribution < -0.4 is 4.18 Å². The normalized spacial score (nSPS) is 26.2. The number of amides is 1. The van der Waals surface area contributed by atoms with Crippen LogP contribution in [-0.2, 0) is 28.0 Å². The van der Waals surface area contributed by atoms with Gasteiger partial charge in [0.25, 0.3) is 0 Å². The molecule has 0 unspecified atom stereocenters. The smallest absolute Gasteiger partial charge is 0.339 e. The molecule has 4 bridgehead atoms. The summed E-state index contributed by atoms with van der Waals surface area (Å²) in [6.45, 7) is 0.789. The van der Waals surface area contributed by atoms with Crippen molar-refractivity contribution in [2.75, 3.05) is 0 Å². The third-order valence-corrected chi connectivity index (χ3v) is 9.57. The number of rotatable bonds is 8. The minimum Gasteiger partial charge on any atom is -0.467 e. The minimum atomic E-state index is -4.08. The second-order valence-electron chi connectivity index (χ2n) is 11.1. The Hall–Kier alpha value is -3.13. The van der Waals surface area contributed by atoms with Crippen LogP contribution in [0.1, 0.15) is 49.8 Å². The second-order valence-corrected chi connectivity index (χ2v) is 12.6. The SMILES string of the molecule is O=C(N(Cc1ccc(OS(=O)(=O)c2ccc(F)cc2)cc1)Cc1ccco1)C12CC3CC(CC(C3)C1)C2. The lowest BCUT2D eigenvalue weighted by atomic mass is 9.49. The first kappa shape index (κ1) is 24.2. The van der Waals surface area contributed by atoms with Gasteiger partial charge in [-0.05, 0) is 110 Å². The Bertz CT molecular complexity index is 1330. The molecule has 0 saturated heterocycles. The molecule has 4 saturated carbocycles. The predicted octanol–water partition coefficient (Wildman–Crippen LogP) is 5.93. The maximum absolute atomic E-state index is 14.1. The molecule has 4 fully saturated rings. The molecule has 0 spiro atoms. The molecule has 4 aliphatic carbocycles. The van der Waals surface area contributed by atoms with Crippen LogP contribution in [0.3, 0.4) is 0 Å². The second kappa shape index (κ2) is 9.31. The van der Waals surface area contributed by atoms with Gasteiger partial charge in [-0.2, -0.15) is 8.42 Å².